The predicted molar refractivity (Wildman–Crippen MR) is 48.7 cm³/mol. The number of imidazole rings is 1. The van der Waals surface area contributed by atoms with E-state index in [1.807, 2.05) is 20.8 Å². The van der Waals surface area contributed by atoms with E-state index < -0.39 is 11.7 Å². The Labute approximate surface area is 75.8 Å². The first kappa shape index (κ1) is 9.57. The van der Waals surface area contributed by atoms with Gasteiger partial charge in [-0.25, -0.2) is 14.2 Å². The molecule has 72 valence electrons. The molecule has 1 aromatic heterocycles. The van der Waals surface area contributed by atoms with E-state index in [1.165, 1.54) is 12.4 Å². The molecular weight excluding hydrogens is 170 g/mol. The van der Waals surface area contributed by atoms with E-state index in [4.69, 9.17) is 0 Å². The Hall–Kier alpha value is -1.52. The minimum Gasteiger partial charge on any atom is -0.333 e. The smallest absolute Gasteiger partial charge is 0.333 e. The molecule has 0 fully saturated rings. The molecule has 0 aliphatic rings. The van der Waals surface area contributed by atoms with Crippen molar-refractivity contribution in [3.63, 3.8) is 0 Å². The zero-order valence-electron chi connectivity index (χ0n) is 7.92. The second-order valence-electron chi connectivity index (χ2n) is 3.82. The second-order valence-corrected chi connectivity index (χ2v) is 3.82. The molecule has 13 heavy (non-hydrogen) atoms. The third-order valence-electron chi connectivity index (χ3n) is 1.35. The van der Waals surface area contributed by atoms with Crippen molar-refractivity contribution in [2.24, 2.45) is 0 Å². The van der Waals surface area contributed by atoms with Gasteiger partial charge in [0, 0.05) is 17.9 Å². The summed E-state index contributed by atoms with van der Waals surface area (Å²) < 4.78 is 0.991. The predicted octanol–water partition coefficient (Wildman–Crippen LogP) is 0.533. The van der Waals surface area contributed by atoms with Crippen LogP contribution >= 0.6 is 0 Å². The Kier molecular flexibility index (Phi) is 2.27. The van der Waals surface area contributed by atoms with Gasteiger partial charge < -0.3 is 10.3 Å². The monoisotopic (exact) mass is 183 g/mol. The Morgan fingerprint density at radius 1 is 1.54 bits per heavy atom. The lowest BCUT2D eigenvalue weighted by Gasteiger charge is -2.19. The summed E-state index contributed by atoms with van der Waals surface area (Å²) in [4.78, 5) is 24.7. The number of aromatic amines is 1. The Morgan fingerprint density at radius 3 is 2.54 bits per heavy atom. The summed E-state index contributed by atoms with van der Waals surface area (Å²) in [6.07, 6.45) is 2.81. The summed E-state index contributed by atoms with van der Waals surface area (Å²) in [5.74, 6) is 0. The number of aromatic nitrogens is 2. The minimum absolute atomic E-state index is 0.339. The SMILES string of the molecule is CC(C)(C)NC(=O)n1cc[nH]c1=O. The normalized spacial score (nSPS) is 11.3. The lowest BCUT2D eigenvalue weighted by atomic mass is 10.1. The van der Waals surface area contributed by atoms with Gasteiger partial charge in [-0.2, -0.15) is 0 Å². The first-order valence-corrected chi connectivity index (χ1v) is 3.99. The highest BCUT2D eigenvalue weighted by Crippen LogP contribution is 1.98. The van der Waals surface area contributed by atoms with Crippen molar-refractivity contribution in [3.8, 4) is 0 Å². The zero-order chi connectivity index (χ0) is 10.1. The topological polar surface area (TPSA) is 66.9 Å². The quantitative estimate of drug-likeness (QED) is 0.616. The molecule has 0 unspecified atom stereocenters. The van der Waals surface area contributed by atoms with Gasteiger partial charge in [0.15, 0.2) is 0 Å². The average Bonchev–Trinajstić information content (AvgIpc) is 2.30. The third-order valence-corrected chi connectivity index (χ3v) is 1.35. The fourth-order valence-electron chi connectivity index (χ4n) is 0.861. The standard InChI is InChI=1S/C8H13N3O2/c1-8(2,3)10-7(13)11-5-4-9-6(11)12/h4-5H,1-3H3,(H,9,12)(H,10,13). The number of rotatable bonds is 0. The molecule has 1 rings (SSSR count). The van der Waals surface area contributed by atoms with Gasteiger partial charge >= 0.3 is 11.7 Å². The second kappa shape index (κ2) is 3.08. The van der Waals surface area contributed by atoms with E-state index in [0.717, 1.165) is 4.57 Å². The molecule has 0 radical (unpaired) electrons. The molecule has 0 aliphatic carbocycles. The number of hydrogen-bond donors (Lipinski definition) is 2. The summed E-state index contributed by atoms with van der Waals surface area (Å²) in [6, 6.07) is -0.418. The van der Waals surface area contributed by atoms with Crippen LogP contribution in [0, 0.1) is 0 Å². The van der Waals surface area contributed by atoms with Gasteiger partial charge in [-0.15, -0.1) is 0 Å². The largest absolute Gasteiger partial charge is 0.333 e. The van der Waals surface area contributed by atoms with Crippen LogP contribution in [0.4, 0.5) is 4.79 Å². The fraction of sp³-hybridized carbons (Fsp3) is 0.500. The number of carbonyl (C=O) groups is 1. The van der Waals surface area contributed by atoms with E-state index >= 15 is 0 Å². The highest BCUT2D eigenvalue weighted by Gasteiger charge is 2.15. The summed E-state index contributed by atoms with van der Waals surface area (Å²) >= 11 is 0. The molecule has 0 saturated carbocycles. The van der Waals surface area contributed by atoms with Gasteiger partial charge in [0.2, 0.25) is 0 Å². The van der Waals surface area contributed by atoms with E-state index in [9.17, 15) is 9.59 Å². The maximum Gasteiger partial charge on any atom is 0.333 e. The summed E-state index contributed by atoms with van der Waals surface area (Å²) in [7, 11) is 0. The van der Waals surface area contributed by atoms with Crippen LogP contribution in [0.15, 0.2) is 17.2 Å². The lowest BCUT2D eigenvalue weighted by molar-refractivity contribution is 0.233. The molecule has 1 heterocycles. The number of H-pyrrole nitrogens is 1. The maximum absolute atomic E-state index is 11.4. The third kappa shape index (κ3) is 2.47. The zero-order valence-corrected chi connectivity index (χ0v) is 7.92. The van der Waals surface area contributed by atoms with Crippen molar-refractivity contribution in [3.05, 3.63) is 22.9 Å². The number of nitrogens with one attached hydrogen (secondary N) is 2. The Balaban J connectivity index is 2.82. The summed E-state index contributed by atoms with van der Waals surface area (Å²) in [5.41, 5.74) is -0.768. The molecule has 0 atom stereocenters. The van der Waals surface area contributed by atoms with Crippen LogP contribution < -0.4 is 11.0 Å². The van der Waals surface area contributed by atoms with Crippen LogP contribution in [0.1, 0.15) is 20.8 Å². The Morgan fingerprint density at radius 2 is 2.15 bits per heavy atom. The first-order chi connectivity index (χ1) is 5.90. The average molecular weight is 183 g/mol. The number of amides is 1. The molecule has 0 bridgehead atoms. The molecule has 2 N–H and O–H groups in total. The summed E-state index contributed by atoms with van der Waals surface area (Å²) in [5, 5.41) is 2.67. The summed E-state index contributed by atoms with van der Waals surface area (Å²) in [6.45, 7) is 5.55. The van der Waals surface area contributed by atoms with E-state index in [-0.39, 0.29) is 5.54 Å². The van der Waals surface area contributed by atoms with Crippen molar-refractivity contribution in [1.82, 2.24) is 14.9 Å². The highest BCUT2D eigenvalue weighted by molar-refractivity contribution is 5.76. The van der Waals surface area contributed by atoms with Crippen molar-refractivity contribution >= 4 is 6.03 Å². The van der Waals surface area contributed by atoms with Crippen molar-refractivity contribution < 1.29 is 4.79 Å². The van der Waals surface area contributed by atoms with Gasteiger partial charge in [0.05, 0.1) is 0 Å². The molecule has 0 aromatic carbocycles. The van der Waals surface area contributed by atoms with Crippen molar-refractivity contribution in [2.45, 2.75) is 26.3 Å². The van der Waals surface area contributed by atoms with Gasteiger partial charge in [0.25, 0.3) is 0 Å². The van der Waals surface area contributed by atoms with Crippen molar-refractivity contribution in [1.29, 1.82) is 0 Å². The first-order valence-electron chi connectivity index (χ1n) is 3.99. The van der Waals surface area contributed by atoms with Crippen LogP contribution in [-0.2, 0) is 0 Å². The van der Waals surface area contributed by atoms with Crippen LogP contribution in [0.3, 0.4) is 0 Å². The minimum atomic E-state index is -0.429. The molecule has 1 amide bonds. The van der Waals surface area contributed by atoms with Crippen LogP contribution in [0.2, 0.25) is 0 Å². The molecule has 0 saturated heterocycles. The van der Waals surface area contributed by atoms with E-state index in [2.05, 4.69) is 10.3 Å². The molecule has 5 nitrogen and oxygen atoms in total. The molecule has 1 aromatic rings. The van der Waals surface area contributed by atoms with Gasteiger partial charge in [-0.05, 0) is 20.8 Å². The van der Waals surface area contributed by atoms with Gasteiger partial charge in [0.1, 0.15) is 0 Å². The molecule has 5 heteroatoms. The van der Waals surface area contributed by atoms with Gasteiger partial charge in [-0.3, -0.25) is 0 Å². The van der Waals surface area contributed by atoms with E-state index in [0.29, 0.717) is 0 Å². The number of carbonyl (C=O) groups excluding carboxylic acids is 1. The number of nitrogens with zero attached hydrogens (tertiary/aromatic N) is 1. The van der Waals surface area contributed by atoms with Crippen molar-refractivity contribution in [2.75, 3.05) is 0 Å². The Bertz CT molecular complexity index is 356. The lowest BCUT2D eigenvalue weighted by Crippen LogP contribution is -2.45. The van der Waals surface area contributed by atoms with Crippen LogP contribution in [0.25, 0.3) is 0 Å². The number of hydrogen-bond acceptors (Lipinski definition) is 2. The molecular formula is C8H13N3O2. The fourth-order valence-corrected chi connectivity index (χ4v) is 0.861. The highest BCUT2D eigenvalue weighted by atomic mass is 16.2. The van der Waals surface area contributed by atoms with E-state index in [1.54, 1.807) is 0 Å². The van der Waals surface area contributed by atoms with Crippen LogP contribution in [-0.4, -0.2) is 21.1 Å². The molecule has 0 aliphatic heterocycles. The van der Waals surface area contributed by atoms with Gasteiger partial charge in [-0.1, -0.05) is 0 Å². The van der Waals surface area contributed by atoms with Crippen LogP contribution in [0.5, 0.6) is 0 Å². The molecule has 0 spiro atoms. The maximum atomic E-state index is 11.4.